The molecule has 5 aromatic rings. The Balaban J connectivity index is 0.000000126. The molecule has 2 fully saturated rings. The molecular formula is C40H48O6. The van der Waals surface area contributed by atoms with Crippen LogP contribution in [0.5, 0.6) is 0 Å². The van der Waals surface area contributed by atoms with Crippen molar-refractivity contribution < 1.29 is 27.8 Å². The average molecular weight is 625 g/mol. The molecule has 3 aliphatic rings. The SMILES string of the molecule is C1COC(COCC2CCCO2)C1.CCC1CCCc2c1ccc1c2ccc2ccccc21.c1coc(COCc2ccco2)c1. The maximum atomic E-state index is 5.55. The molecule has 6 nitrogen and oxygen atoms in total. The number of furan rings is 2. The number of benzene rings is 3. The Morgan fingerprint density at radius 3 is 1.91 bits per heavy atom. The highest BCUT2D eigenvalue weighted by Crippen LogP contribution is 2.39. The van der Waals surface area contributed by atoms with Gasteiger partial charge in [0.25, 0.3) is 0 Å². The van der Waals surface area contributed by atoms with E-state index < -0.39 is 0 Å². The normalized spacial score (nSPS) is 20.6. The molecule has 0 spiro atoms. The van der Waals surface area contributed by atoms with Gasteiger partial charge in [0.15, 0.2) is 0 Å². The number of hydrogen-bond acceptors (Lipinski definition) is 6. The van der Waals surface area contributed by atoms with Crippen LogP contribution >= 0.6 is 0 Å². The van der Waals surface area contributed by atoms with Crippen LogP contribution in [-0.4, -0.2) is 38.6 Å². The largest absolute Gasteiger partial charge is 0.467 e. The lowest BCUT2D eigenvalue weighted by molar-refractivity contribution is -0.0245. The summed E-state index contributed by atoms with van der Waals surface area (Å²) >= 11 is 0. The molecule has 2 aromatic heterocycles. The van der Waals surface area contributed by atoms with Crippen molar-refractivity contribution in [2.24, 2.45) is 0 Å². The molecule has 1 aliphatic carbocycles. The fourth-order valence-electron chi connectivity index (χ4n) is 6.86. The molecule has 3 aromatic carbocycles. The molecule has 0 N–H and O–H groups in total. The van der Waals surface area contributed by atoms with Gasteiger partial charge in [0.2, 0.25) is 0 Å². The van der Waals surface area contributed by atoms with Crippen LogP contribution in [0.1, 0.15) is 80.4 Å². The van der Waals surface area contributed by atoms with Gasteiger partial charge in [-0.25, -0.2) is 0 Å². The van der Waals surface area contributed by atoms with Gasteiger partial charge in [0, 0.05) is 13.2 Å². The summed E-state index contributed by atoms with van der Waals surface area (Å²) < 4.78 is 32.0. The molecule has 46 heavy (non-hydrogen) atoms. The number of ether oxygens (including phenoxy) is 4. The van der Waals surface area contributed by atoms with Gasteiger partial charge in [-0.05, 0) is 114 Å². The molecule has 3 unspecified atom stereocenters. The average Bonchev–Trinajstić information content (AvgIpc) is 3.95. The van der Waals surface area contributed by atoms with Gasteiger partial charge in [-0.1, -0.05) is 55.5 Å². The van der Waals surface area contributed by atoms with Crippen LogP contribution < -0.4 is 0 Å². The van der Waals surface area contributed by atoms with Crippen molar-refractivity contribution in [3.8, 4) is 0 Å². The molecule has 0 saturated carbocycles. The van der Waals surface area contributed by atoms with Gasteiger partial charge in [-0.15, -0.1) is 0 Å². The van der Waals surface area contributed by atoms with Gasteiger partial charge in [-0.3, -0.25) is 0 Å². The second-order valence-corrected chi connectivity index (χ2v) is 12.5. The first-order valence-corrected chi connectivity index (χ1v) is 17.1. The minimum absolute atomic E-state index is 0.349. The van der Waals surface area contributed by atoms with Crippen molar-refractivity contribution in [1.82, 2.24) is 0 Å². The van der Waals surface area contributed by atoms with Crippen molar-refractivity contribution in [3.05, 3.63) is 108 Å². The minimum atomic E-state index is 0.349. The fraction of sp³-hybridized carbons (Fsp3) is 0.450. The summed E-state index contributed by atoms with van der Waals surface area (Å²) in [5.74, 6) is 2.42. The van der Waals surface area contributed by atoms with Gasteiger partial charge in [0.05, 0.1) is 37.9 Å². The van der Waals surface area contributed by atoms with E-state index >= 15 is 0 Å². The van der Waals surface area contributed by atoms with Gasteiger partial charge in [-0.2, -0.15) is 0 Å². The maximum Gasteiger partial charge on any atom is 0.129 e. The van der Waals surface area contributed by atoms with Gasteiger partial charge in [0.1, 0.15) is 24.7 Å². The molecule has 0 bridgehead atoms. The van der Waals surface area contributed by atoms with Gasteiger partial charge < -0.3 is 27.8 Å². The van der Waals surface area contributed by atoms with Crippen LogP contribution in [-0.2, 0) is 38.6 Å². The van der Waals surface area contributed by atoms with Crippen molar-refractivity contribution in [3.63, 3.8) is 0 Å². The Morgan fingerprint density at radius 2 is 1.30 bits per heavy atom. The number of hydrogen-bond donors (Lipinski definition) is 0. The monoisotopic (exact) mass is 624 g/mol. The molecule has 2 aliphatic heterocycles. The van der Waals surface area contributed by atoms with Crippen molar-refractivity contribution in [2.45, 2.75) is 89.6 Å². The Bertz CT molecular complexity index is 1530. The molecule has 8 rings (SSSR count). The van der Waals surface area contributed by atoms with E-state index in [-0.39, 0.29) is 0 Å². The van der Waals surface area contributed by atoms with Crippen molar-refractivity contribution in [1.29, 1.82) is 0 Å². The van der Waals surface area contributed by atoms with E-state index in [2.05, 4.69) is 55.5 Å². The van der Waals surface area contributed by atoms with E-state index in [1.165, 1.54) is 60.1 Å². The highest BCUT2D eigenvalue weighted by atomic mass is 16.6. The third-order valence-electron chi connectivity index (χ3n) is 9.29. The Kier molecular flexibility index (Phi) is 12.0. The zero-order valence-electron chi connectivity index (χ0n) is 27.2. The van der Waals surface area contributed by atoms with Crippen LogP contribution in [0.2, 0.25) is 0 Å². The fourth-order valence-corrected chi connectivity index (χ4v) is 6.86. The second-order valence-electron chi connectivity index (χ2n) is 12.5. The highest BCUT2D eigenvalue weighted by Gasteiger charge is 2.21. The highest BCUT2D eigenvalue weighted by molar-refractivity contribution is 6.08. The molecule has 3 atom stereocenters. The van der Waals surface area contributed by atoms with Crippen molar-refractivity contribution in [2.75, 3.05) is 26.4 Å². The van der Waals surface area contributed by atoms with Gasteiger partial charge >= 0.3 is 0 Å². The Labute approximate surface area is 273 Å². The number of rotatable bonds is 9. The maximum absolute atomic E-state index is 5.55. The van der Waals surface area contributed by atoms with E-state index in [9.17, 15) is 0 Å². The summed E-state index contributed by atoms with van der Waals surface area (Å²) in [5, 5.41) is 5.66. The lowest BCUT2D eigenvalue weighted by atomic mass is 9.79. The number of aryl methyl sites for hydroxylation is 1. The molecule has 0 amide bonds. The van der Waals surface area contributed by atoms with E-state index in [4.69, 9.17) is 27.8 Å². The lowest BCUT2D eigenvalue weighted by Gasteiger charge is -2.26. The summed E-state index contributed by atoms with van der Waals surface area (Å²) in [6, 6.07) is 25.6. The quantitative estimate of drug-likeness (QED) is 0.152. The summed E-state index contributed by atoms with van der Waals surface area (Å²) in [7, 11) is 0. The molecule has 4 heterocycles. The van der Waals surface area contributed by atoms with E-state index in [1.54, 1.807) is 23.7 Å². The van der Waals surface area contributed by atoms with Crippen LogP contribution in [0, 0.1) is 0 Å². The molecule has 0 radical (unpaired) electrons. The zero-order chi connectivity index (χ0) is 31.4. The molecule has 2 saturated heterocycles. The Morgan fingerprint density at radius 1 is 0.630 bits per heavy atom. The van der Waals surface area contributed by atoms with Crippen LogP contribution in [0.25, 0.3) is 21.5 Å². The predicted octanol–water partition coefficient (Wildman–Crippen LogP) is 9.77. The Hall–Kier alpha value is -3.42. The first-order valence-electron chi connectivity index (χ1n) is 17.1. The third kappa shape index (κ3) is 8.68. The third-order valence-corrected chi connectivity index (χ3v) is 9.29. The minimum Gasteiger partial charge on any atom is -0.467 e. The molecule has 244 valence electrons. The number of fused-ring (bicyclic) bond motifs is 5. The van der Waals surface area contributed by atoms with E-state index in [1.807, 2.05) is 24.3 Å². The van der Waals surface area contributed by atoms with E-state index in [0.29, 0.717) is 25.4 Å². The topological polar surface area (TPSA) is 63.2 Å². The van der Waals surface area contributed by atoms with E-state index in [0.717, 1.165) is 56.7 Å². The van der Waals surface area contributed by atoms with Crippen LogP contribution in [0.4, 0.5) is 0 Å². The van der Waals surface area contributed by atoms with Crippen LogP contribution in [0.15, 0.2) is 94.2 Å². The first kappa shape index (κ1) is 32.5. The lowest BCUT2D eigenvalue weighted by Crippen LogP contribution is -2.20. The molecule has 6 heteroatoms. The first-order chi connectivity index (χ1) is 22.8. The zero-order valence-corrected chi connectivity index (χ0v) is 27.2. The summed E-state index contributed by atoms with van der Waals surface area (Å²) in [4.78, 5) is 0. The summed E-state index contributed by atoms with van der Waals surface area (Å²) in [6.07, 6.45) is 13.9. The summed E-state index contributed by atoms with van der Waals surface area (Å²) in [6.45, 7) is 6.60. The van der Waals surface area contributed by atoms with Crippen molar-refractivity contribution >= 4 is 21.5 Å². The molecular weight excluding hydrogens is 576 g/mol. The smallest absolute Gasteiger partial charge is 0.129 e. The second kappa shape index (κ2) is 16.9. The predicted molar refractivity (Wildman–Crippen MR) is 182 cm³/mol. The standard InChI is InChI=1S/C20H20.C10H18O3.C10H10O3/c1-2-14-7-5-9-18-17(14)12-13-19-16-8-4-3-6-15(16)10-11-20(18)19;2*1-3-9(12-5-1)7-11-8-10-4-2-6-13-10/h3-4,6,8,10-14H,2,5,7,9H2,1H3;9-10H,1-8H2;1-6H,7-8H2. The van der Waals surface area contributed by atoms with Crippen LogP contribution in [0.3, 0.4) is 0 Å². The summed E-state index contributed by atoms with van der Waals surface area (Å²) in [5.41, 5.74) is 3.23.